The lowest BCUT2D eigenvalue weighted by atomic mass is 9.91. The van der Waals surface area contributed by atoms with Crippen LogP contribution < -0.4 is 4.90 Å². The normalized spacial score (nSPS) is 17.6. The molecule has 0 spiro atoms. The molecule has 6 heteroatoms. The Morgan fingerprint density at radius 1 is 1.48 bits per heavy atom. The number of carbonyl (C=O) groups excluding carboxylic acids is 1. The molecular weight excluding hydrogens is 270 g/mol. The Bertz CT molecular complexity index is 499. The van der Waals surface area contributed by atoms with E-state index in [1.54, 1.807) is 0 Å². The summed E-state index contributed by atoms with van der Waals surface area (Å²) in [5, 5.41) is 9.91. The summed E-state index contributed by atoms with van der Waals surface area (Å²) >= 11 is 0. The van der Waals surface area contributed by atoms with Crippen molar-refractivity contribution in [2.45, 2.75) is 39.2 Å². The van der Waals surface area contributed by atoms with Gasteiger partial charge in [-0.2, -0.15) is 0 Å². The van der Waals surface area contributed by atoms with Crippen molar-refractivity contribution < 1.29 is 14.6 Å². The number of anilines is 1. The van der Waals surface area contributed by atoms with Crippen LogP contribution in [0, 0.1) is 12.8 Å². The number of esters is 1. The molecule has 1 atom stereocenters. The SMILES string of the molecule is CCc1cc(N2CCC(C(O)C(=O)OC)CC2)nc(C)n1. The van der Waals surface area contributed by atoms with Gasteiger partial charge in [0.1, 0.15) is 11.6 Å². The maximum atomic E-state index is 11.4. The summed E-state index contributed by atoms with van der Waals surface area (Å²) in [7, 11) is 1.30. The fourth-order valence-electron chi connectivity index (χ4n) is 2.71. The Balaban J connectivity index is 2.01. The molecule has 1 N–H and O–H groups in total. The molecule has 1 aromatic rings. The van der Waals surface area contributed by atoms with Crippen LogP contribution in [-0.4, -0.2) is 47.3 Å². The van der Waals surface area contributed by atoms with Crippen LogP contribution in [0.4, 0.5) is 5.82 Å². The van der Waals surface area contributed by atoms with Crippen LogP contribution in [0.3, 0.4) is 0 Å². The Morgan fingerprint density at radius 3 is 2.71 bits per heavy atom. The quantitative estimate of drug-likeness (QED) is 0.838. The number of rotatable bonds is 4. The molecule has 1 aliphatic heterocycles. The standard InChI is InChI=1S/C15H23N3O3/c1-4-12-9-13(17-10(2)16-12)18-7-5-11(6-8-18)14(19)15(20)21-3/h9,11,14,19H,4-8H2,1-3H3. The second-order valence-corrected chi connectivity index (χ2v) is 5.41. The van der Waals surface area contributed by atoms with Gasteiger partial charge >= 0.3 is 5.97 Å². The third-order valence-corrected chi connectivity index (χ3v) is 3.99. The predicted molar refractivity (Wildman–Crippen MR) is 79.1 cm³/mol. The first-order chi connectivity index (χ1) is 10.0. The summed E-state index contributed by atoms with van der Waals surface area (Å²) in [5.74, 6) is 1.13. The number of methoxy groups -OCH3 is 1. The van der Waals surface area contributed by atoms with Gasteiger partial charge in [-0.25, -0.2) is 14.8 Å². The molecule has 21 heavy (non-hydrogen) atoms. The number of piperidine rings is 1. The van der Waals surface area contributed by atoms with E-state index in [1.165, 1.54) is 7.11 Å². The zero-order chi connectivity index (χ0) is 15.4. The van der Waals surface area contributed by atoms with E-state index in [0.717, 1.165) is 49.7 Å². The summed E-state index contributed by atoms with van der Waals surface area (Å²) in [5.41, 5.74) is 1.04. The number of aliphatic hydroxyl groups excluding tert-OH is 1. The molecule has 116 valence electrons. The average Bonchev–Trinajstić information content (AvgIpc) is 2.52. The minimum atomic E-state index is -1.02. The van der Waals surface area contributed by atoms with Crippen LogP contribution in [0.25, 0.3) is 0 Å². The fraction of sp³-hybridized carbons (Fsp3) is 0.667. The first-order valence-corrected chi connectivity index (χ1v) is 7.40. The van der Waals surface area contributed by atoms with Gasteiger partial charge in [0.05, 0.1) is 7.11 Å². The Hall–Kier alpha value is -1.69. The van der Waals surface area contributed by atoms with Gasteiger partial charge in [-0.3, -0.25) is 0 Å². The highest BCUT2D eigenvalue weighted by Gasteiger charge is 2.30. The van der Waals surface area contributed by atoms with Gasteiger partial charge in [0, 0.05) is 24.8 Å². The summed E-state index contributed by atoms with van der Waals surface area (Å²) in [6, 6.07) is 2.02. The van der Waals surface area contributed by atoms with Crippen molar-refractivity contribution in [1.29, 1.82) is 0 Å². The van der Waals surface area contributed by atoms with Gasteiger partial charge < -0.3 is 14.7 Å². The van der Waals surface area contributed by atoms with Gasteiger partial charge in [0.25, 0.3) is 0 Å². The number of aryl methyl sites for hydroxylation is 2. The van der Waals surface area contributed by atoms with Crippen LogP contribution in [-0.2, 0) is 16.0 Å². The number of aliphatic hydroxyl groups is 1. The maximum absolute atomic E-state index is 11.4. The van der Waals surface area contributed by atoms with E-state index in [9.17, 15) is 9.90 Å². The van der Waals surface area contributed by atoms with E-state index >= 15 is 0 Å². The smallest absolute Gasteiger partial charge is 0.334 e. The first-order valence-electron chi connectivity index (χ1n) is 7.40. The van der Waals surface area contributed by atoms with Crippen LogP contribution >= 0.6 is 0 Å². The van der Waals surface area contributed by atoms with Crippen LogP contribution in [0.2, 0.25) is 0 Å². The zero-order valence-electron chi connectivity index (χ0n) is 12.9. The van der Waals surface area contributed by atoms with E-state index in [0.29, 0.717) is 0 Å². The van der Waals surface area contributed by atoms with Gasteiger partial charge in [0.15, 0.2) is 6.10 Å². The van der Waals surface area contributed by atoms with Crippen molar-refractivity contribution in [2.24, 2.45) is 5.92 Å². The lowest BCUT2D eigenvalue weighted by Crippen LogP contribution is -2.41. The minimum absolute atomic E-state index is 0.0396. The number of carbonyl (C=O) groups is 1. The van der Waals surface area contributed by atoms with Crippen LogP contribution in [0.5, 0.6) is 0 Å². The fourth-order valence-corrected chi connectivity index (χ4v) is 2.71. The summed E-state index contributed by atoms with van der Waals surface area (Å²) in [6.07, 6.45) is 1.37. The van der Waals surface area contributed by atoms with Gasteiger partial charge in [-0.15, -0.1) is 0 Å². The molecule has 0 amide bonds. The molecule has 1 aliphatic rings. The summed E-state index contributed by atoms with van der Waals surface area (Å²) in [4.78, 5) is 22.4. The second-order valence-electron chi connectivity index (χ2n) is 5.41. The van der Waals surface area contributed by atoms with Crippen LogP contribution in [0.1, 0.15) is 31.3 Å². The molecule has 2 rings (SSSR count). The number of ether oxygens (including phenoxy) is 1. The van der Waals surface area contributed by atoms with Crippen molar-refractivity contribution in [3.8, 4) is 0 Å². The van der Waals surface area contributed by atoms with Crippen molar-refractivity contribution in [2.75, 3.05) is 25.1 Å². The van der Waals surface area contributed by atoms with E-state index in [-0.39, 0.29) is 5.92 Å². The molecule has 0 saturated carbocycles. The van der Waals surface area contributed by atoms with E-state index in [1.807, 2.05) is 13.0 Å². The molecule has 1 unspecified atom stereocenters. The monoisotopic (exact) mass is 293 g/mol. The van der Waals surface area contributed by atoms with E-state index in [4.69, 9.17) is 0 Å². The molecule has 0 aromatic carbocycles. The highest BCUT2D eigenvalue weighted by molar-refractivity contribution is 5.74. The molecule has 2 heterocycles. The molecule has 0 radical (unpaired) electrons. The highest BCUT2D eigenvalue weighted by atomic mass is 16.5. The lowest BCUT2D eigenvalue weighted by molar-refractivity contribution is -0.153. The topological polar surface area (TPSA) is 75.5 Å². The summed E-state index contributed by atoms with van der Waals surface area (Å²) < 4.78 is 4.60. The zero-order valence-corrected chi connectivity index (χ0v) is 12.9. The number of hydrogen-bond donors (Lipinski definition) is 1. The third kappa shape index (κ3) is 3.69. The minimum Gasteiger partial charge on any atom is -0.467 e. The largest absolute Gasteiger partial charge is 0.467 e. The highest BCUT2D eigenvalue weighted by Crippen LogP contribution is 2.25. The van der Waals surface area contributed by atoms with Crippen molar-refractivity contribution in [3.05, 3.63) is 17.6 Å². The maximum Gasteiger partial charge on any atom is 0.334 e. The predicted octanol–water partition coefficient (Wildman–Crippen LogP) is 1.10. The van der Waals surface area contributed by atoms with Gasteiger partial charge in [0.2, 0.25) is 0 Å². The van der Waals surface area contributed by atoms with Crippen molar-refractivity contribution >= 4 is 11.8 Å². The number of nitrogens with zero attached hydrogens (tertiary/aromatic N) is 3. The Labute approximate surface area is 125 Å². The lowest BCUT2D eigenvalue weighted by Gasteiger charge is -2.34. The molecule has 0 bridgehead atoms. The summed E-state index contributed by atoms with van der Waals surface area (Å²) in [6.45, 7) is 5.53. The van der Waals surface area contributed by atoms with Gasteiger partial charge in [-0.05, 0) is 32.1 Å². The number of aromatic nitrogens is 2. The first kappa shape index (κ1) is 15.7. The Morgan fingerprint density at radius 2 is 2.14 bits per heavy atom. The average molecular weight is 293 g/mol. The van der Waals surface area contributed by atoms with Crippen molar-refractivity contribution in [3.63, 3.8) is 0 Å². The van der Waals surface area contributed by atoms with Crippen molar-refractivity contribution in [1.82, 2.24) is 9.97 Å². The van der Waals surface area contributed by atoms with E-state index in [2.05, 4.69) is 26.5 Å². The van der Waals surface area contributed by atoms with Crippen LogP contribution in [0.15, 0.2) is 6.07 Å². The second kappa shape index (κ2) is 6.85. The number of hydrogen-bond acceptors (Lipinski definition) is 6. The molecule has 1 fully saturated rings. The molecular formula is C15H23N3O3. The van der Waals surface area contributed by atoms with E-state index < -0.39 is 12.1 Å². The van der Waals surface area contributed by atoms with Gasteiger partial charge in [-0.1, -0.05) is 6.92 Å². The third-order valence-electron chi connectivity index (χ3n) is 3.99. The molecule has 0 aliphatic carbocycles. The molecule has 1 saturated heterocycles. The molecule has 6 nitrogen and oxygen atoms in total. The Kier molecular flexibility index (Phi) is 5.12. The molecule has 1 aromatic heterocycles.